The number of hydrogen-bond acceptors (Lipinski definition) is 8. The molecule has 10 heteroatoms. The molecular formula is C19H22N6O3S. The Kier molecular flexibility index (Phi) is 6.57. The number of anilines is 3. The van der Waals surface area contributed by atoms with Gasteiger partial charge in [0.2, 0.25) is 10.0 Å². The summed E-state index contributed by atoms with van der Waals surface area (Å²) in [6.45, 7) is 2.48. The first kappa shape index (κ1) is 20.5. The molecule has 0 aliphatic heterocycles. The highest BCUT2D eigenvalue weighted by Gasteiger charge is 2.18. The Bertz CT molecular complexity index is 1040. The highest BCUT2D eigenvalue weighted by molar-refractivity contribution is 7.89. The highest BCUT2D eigenvalue weighted by Crippen LogP contribution is 2.22. The standard InChI is InChI=1S/C19H22N6O3S/c1-14-7-8-17(21-13-14)23-19-10-9-18(24-25-19)20-11-12-22-29(26,27)16-6-4-3-5-15(16)28-2/h3-10,13,22H,11-12H2,1-2H3,(H,20,24)(H,21,23,25). The predicted octanol–water partition coefficient (Wildman–Crippen LogP) is 2.32. The van der Waals surface area contributed by atoms with E-state index in [9.17, 15) is 8.42 Å². The Hall–Kier alpha value is -3.24. The van der Waals surface area contributed by atoms with Crippen LogP contribution < -0.4 is 20.1 Å². The maximum Gasteiger partial charge on any atom is 0.244 e. The second-order valence-electron chi connectivity index (χ2n) is 6.13. The van der Waals surface area contributed by atoms with Gasteiger partial charge < -0.3 is 15.4 Å². The van der Waals surface area contributed by atoms with Crippen molar-refractivity contribution in [3.05, 3.63) is 60.3 Å². The molecule has 0 spiro atoms. The lowest BCUT2D eigenvalue weighted by Crippen LogP contribution is -2.29. The third-order valence-corrected chi connectivity index (χ3v) is 5.41. The van der Waals surface area contributed by atoms with Crippen LogP contribution in [-0.2, 0) is 10.0 Å². The molecule has 0 atom stereocenters. The number of nitrogens with zero attached hydrogens (tertiary/aromatic N) is 3. The fourth-order valence-corrected chi connectivity index (χ4v) is 3.66. The monoisotopic (exact) mass is 414 g/mol. The molecule has 0 aliphatic rings. The van der Waals surface area contributed by atoms with Crippen molar-refractivity contribution in [1.82, 2.24) is 19.9 Å². The van der Waals surface area contributed by atoms with Crippen molar-refractivity contribution in [3.63, 3.8) is 0 Å². The summed E-state index contributed by atoms with van der Waals surface area (Å²) in [6, 6.07) is 13.8. The maximum absolute atomic E-state index is 12.4. The lowest BCUT2D eigenvalue weighted by molar-refractivity contribution is 0.402. The summed E-state index contributed by atoms with van der Waals surface area (Å²) in [5.41, 5.74) is 1.07. The molecule has 0 unspecified atom stereocenters. The molecule has 0 saturated heterocycles. The molecule has 29 heavy (non-hydrogen) atoms. The minimum absolute atomic E-state index is 0.0995. The van der Waals surface area contributed by atoms with E-state index >= 15 is 0 Å². The van der Waals surface area contributed by atoms with E-state index in [0.717, 1.165) is 5.56 Å². The zero-order chi connectivity index (χ0) is 20.7. The molecule has 3 aromatic rings. The van der Waals surface area contributed by atoms with E-state index in [1.807, 2.05) is 19.1 Å². The lowest BCUT2D eigenvalue weighted by atomic mass is 10.3. The SMILES string of the molecule is COc1ccccc1S(=O)(=O)NCCNc1ccc(Nc2ccc(C)cn2)nn1. The van der Waals surface area contributed by atoms with Crippen LogP contribution >= 0.6 is 0 Å². The highest BCUT2D eigenvalue weighted by atomic mass is 32.2. The third kappa shape index (κ3) is 5.62. The Morgan fingerprint density at radius 3 is 2.34 bits per heavy atom. The van der Waals surface area contributed by atoms with Crippen molar-refractivity contribution < 1.29 is 13.2 Å². The van der Waals surface area contributed by atoms with Crippen LogP contribution in [0, 0.1) is 6.92 Å². The first-order valence-electron chi connectivity index (χ1n) is 8.88. The fraction of sp³-hybridized carbons (Fsp3) is 0.211. The predicted molar refractivity (Wildman–Crippen MR) is 111 cm³/mol. The van der Waals surface area contributed by atoms with Gasteiger partial charge in [-0.3, -0.25) is 0 Å². The summed E-state index contributed by atoms with van der Waals surface area (Å²) in [6.07, 6.45) is 1.76. The molecule has 2 heterocycles. The van der Waals surface area contributed by atoms with Gasteiger partial charge in [-0.15, -0.1) is 10.2 Å². The minimum Gasteiger partial charge on any atom is -0.495 e. The molecule has 0 aliphatic carbocycles. The molecule has 3 rings (SSSR count). The number of rotatable bonds is 9. The van der Waals surface area contributed by atoms with Gasteiger partial charge in [-0.05, 0) is 42.8 Å². The van der Waals surface area contributed by atoms with Crippen molar-refractivity contribution in [3.8, 4) is 5.75 Å². The van der Waals surface area contributed by atoms with E-state index in [0.29, 0.717) is 29.7 Å². The van der Waals surface area contributed by atoms with Gasteiger partial charge in [-0.1, -0.05) is 18.2 Å². The molecule has 3 N–H and O–H groups in total. The number of aromatic nitrogens is 3. The van der Waals surface area contributed by atoms with Gasteiger partial charge in [-0.2, -0.15) is 0 Å². The number of methoxy groups -OCH3 is 1. The zero-order valence-corrected chi connectivity index (χ0v) is 16.9. The van der Waals surface area contributed by atoms with Crippen LogP contribution in [-0.4, -0.2) is 43.8 Å². The summed E-state index contributed by atoms with van der Waals surface area (Å²) in [5.74, 6) is 2.06. The van der Waals surface area contributed by atoms with Crippen LogP contribution in [0.2, 0.25) is 0 Å². The topological polar surface area (TPSA) is 118 Å². The van der Waals surface area contributed by atoms with Crippen molar-refractivity contribution in [1.29, 1.82) is 0 Å². The Morgan fingerprint density at radius 1 is 0.931 bits per heavy atom. The van der Waals surface area contributed by atoms with E-state index < -0.39 is 10.0 Å². The zero-order valence-electron chi connectivity index (χ0n) is 16.1. The fourth-order valence-electron chi connectivity index (χ4n) is 2.46. The van der Waals surface area contributed by atoms with Gasteiger partial charge in [0.25, 0.3) is 0 Å². The average molecular weight is 414 g/mol. The smallest absolute Gasteiger partial charge is 0.244 e. The quantitative estimate of drug-likeness (QED) is 0.457. The van der Waals surface area contributed by atoms with E-state index in [-0.39, 0.29) is 11.4 Å². The summed E-state index contributed by atoms with van der Waals surface area (Å²) >= 11 is 0. The Balaban J connectivity index is 1.50. The number of sulfonamides is 1. The Labute approximate surface area is 169 Å². The van der Waals surface area contributed by atoms with Gasteiger partial charge in [0.1, 0.15) is 22.3 Å². The molecule has 2 aromatic heterocycles. The van der Waals surface area contributed by atoms with Crippen molar-refractivity contribution in [2.45, 2.75) is 11.8 Å². The van der Waals surface area contributed by atoms with Gasteiger partial charge in [0.05, 0.1) is 7.11 Å². The largest absolute Gasteiger partial charge is 0.495 e. The molecule has 0 amide bonds. The molecule has 0 fully saturated rings. The normalized spacial score (nSPS) is 11.1. The minimum atomic E-state index is -3.67. The van der Waals surface area contributed by atoms with Crippen LogP contribution in [0.3, 0.4) is 0 Å². The van der Waals surface area contributed by atoms with Gasteiger partial charge in [0.15, 0.2) is 5.82 Å². The first-order valence-corrected chi connectivity index (χ1v) is 10.4. The number of pyridine rings is 1. The lowest BCUT2D eigenvalue weighted by Gasteiger charge is -2.11. The third-order valence-electron chi connectivity index (χ3n) is 3.91. The van der Waals surface area contributed by atoms with Crippen LogP contribution in [0.4, 0.5) is 17.5 Å². The molecule has 152 valence electrons. The van der Waals surface area contributed by atoms with E-state index in [2.05, 4.69) is 30.5 Å². The molecule has 9 nitrogen and oxygen atoms in total. The van der Waals surface area contributed by atoms with Crippen molar-refractivity contribution in [2.75, 3.05) is 30.8 Å². The van der Waals surface area contributed by atoms with Gasteiger partial charge >= 0.3 is 0 Å². The second-order valence-corrected chi connectivity index (χ2v) is 7.86. The van der Waals surface area contributed by atoms with Crippen LogP contribution in [0.25, 0.3) is 0 Å². The number of para-hydroxylation sites is 1. The van der Waals surface area contributed by atoms with E-state index in [1.54, 1.807) is 36.5 Å². The van der Waals surface area contributed by atoms with Crippen LogP contribution in [0.15, 0.2) is 59.6 Å². The number of benzene rings is 1. The van der Waals surface area contributed by atoms with Crippen LogP contribution in [0.5, 0.6) is 5.75 Å². The maximum atomic E-state index is 12.4. The van der Waals surface area contributed by atoms with Gasteiger partial charge in [0, 0.05) is 19.3 Å². The number of nitrogens with one attached hydrogen (secondary N) is 3. The number of hydrogen-bond donors (Lipinski definition) is 3. The molecule has 1 aromatic carbocycles. The van der Waals surface area contributed by atoms with Crippen molar-refractivity contribution in [2.24, 2.45) is 0 Å². The molecule has 0 saturated carbocycles. The summed E-state index contributed by atoms with van der Waals surface area (Å²) in [7, 11) is -2.24. The Morgan fingerprint density at radius 2 is 1.66 bits per heavy atom. The molecular weight excluding hydrogens is 392 g/mol. The van der Waals surface area contributed by atoms with E-state index in [4.69, 9.17) is 4.74 Å². The summed E-state index contributed by atoms with van der Waals surface area (Å²) < 4.78 is 32.4. The number of aryl methyl sites for hydroxylation is 1. The van der Waals surface area contributed by atoms with Crippen LogP contribution in [0.1, 0.15) is 5.56 Å². The second kappa shape index (κ2) is 9.30. The molecule has 0 radical (unpaired) electrons. The first-order chi connectivity index (χ1) is 14.0. The summed E-state index contributed by atoms with van der Waals surface area (Å²) in [5, 5.41) is 14.2. The molecule has 0 bridgehead atoms. The average Bonchev–Trinajstić information content (AvgIpc) is 2.74. The van der Waals surface area contributed by atoms with E-state index in [1.165, 1.54) is 13.2 Å². The van der Waals surface area contributed by atoms with Gasteiger partial charge in [-0.25, -0.2) is 18.1 Å². The van der Waals surface area contributed by atoms with Crippen molar-refractivity contribution >= 4 is 27.5 Å². The number of ether oxygens (including phenoxy) is 1. The summed E-state index contributed by atoms with van der Waals surface area (Å²) in [4.78, 5) is 4.35.